The van der Waals surface area contributed by atoms with Crippen molar-refractivity contribution in [1.29, 1.82) is 0 Å². The zero-order valence-electron chi connectivity index (χ0n) is 6.14. The first-order chi connectivity index (χ1) is 4.63. The molecule has 2 nitrogen and oxygen atoms in total. The maximum absolute atomic E-state index is 11.0. The van der Waals surface area contributed by atoms with Crippen LogP contribution in [0.3, 0.4) is 0 Å². The van der Waals surface area contributed by atoms with E-state index in [1.165, 1.54) is 0 Å². The number of Topliss-reactive ketones (excluding diaryl/α,β-unsaturated/α-hetero) is 1. The molecular weight excluding hydrogens is 128 g/mol. The van der Waals surface area contributed by atoms with Crippen LogP contribution < -0.4 is 0 Å². The highest BCUT2D eigenvalue weighted by Gasteiger charge is 2.16. The molecule has 0 aromatic heterocycles. The number of carbonyl (C=O) groups excluding carboxylic acids is 1. The summed E-state index contributed by atoms with van der Waals surface area (Å²) in [5.74, 6) is -0.302. The molecule has 0 aromatic carbocycles. The van der Waals surface area contributed by atoms with Gasteiger partial charge in [0.25, 0.3) is 0 Å². The van der Waals surface area contributed by atoms with Crippen molar-refractivity contribution in [3.05, 3.63) is 23.0 Å². The van der Waals surface area contributed by atoms with Crippen LogP contribution >= 0.6 is 0 Å². The van der Waals surface area contributed by atoms with E-state index < -0.39 is 0 Å². The van der Waals surface area contributed by atoms with Gasteiger partial charge in [0.1, 0.15) is 0 Å². The molecule has 0 fully saturated rings. The van der Waals surface area contributed by atoms with E-state index in [2.05, 4.69) is 0 Å². The molecule has 0 saturated carbocycles. The van der Waals surface area contributed by atoms with E-state index in [1.807, 2.05) is 6.08 Å². The lowest BCUT2D eigenvalue weighted by Crippen LogP contribution is -2.09. The zero-order chi connectivity index (χ0) is 7.72. The Hall–Kier alpha value is -1.05. The molecule has 2 heteroatoms. The van der Waals surface area contributed by atoms with Crippen molar-refractivity contribution in [3.8, 4) is 0 Å². The van der Waals surface area contributed by atoms with Gasteiger partial charge in [-0.2, -0.15) is 0 Å². The summed E-state index contributed by atoms with van der Waals surface area (Å²) in [6, 6.07) is 0. The second-order valence-corrected chi connectivity index (χ2v) is 2.55. The average Bonchev–Trinajstić information content (AvgIpc) is 1.93. The van der Waals surface area contributed by atoms with Gasteiger partial charge < -0.3 is 5.11 Å². The van der Waals surface area contributed by atoms with Gasteiger partial charge in [-0.3, -0.25) is 4.79 Å². The fourth-order valence-electron chi connectivity index (χ4n) is 0.876. The van der Waals surface area contributed by atoms with Crippen molar-refractivity contribution >= 4 is 5.78 Å². The molecule has 1 aliphatic carbocycles. The fraction of sp³-hybridized carbons (Fsp3) is 0.375. The van der Waals surface area contributed by atoms with Crippen molar-refractivity contribution < 1.29 is 9.90 Å². The van der Waals surface area contributed by atoms with Crippen LogP contribution in [-0.2, 0) is 4.79 Å². The van der Waals surface area contributed by atoms with Crippen molar-refractivity contribution in [2.75, 3.05) is 0 Å². The first-order valence-corrected chi connectivity index (χ1v) is 3.23. The summed E-state index contributed by atoms with van der Waals surface area (Å²) in [7, 11) is 0. The minimum atomic E-state index is -0.233. The zero-order valence-corrected chi connectivity index (χ0v) is 6.14. The Morgan fingerprint density at radius 2 is 2.10 bits per heavy atom. The van der Waals surface area contributed by atoms with Crippen molar-refractivity contribution in [2.24, 2.45) is 0 Å². The van der Waals surface area contributed by atoms with E-state index in [0.29, 0.717) is 12.0 Å². The normalized spacial score (nSPS) is 19.4. The van der Waals surface area contributed by atoms with Gasteiger partial charge in [0.15, 0.2) is 5.76 Å². The van der Waals surface area contributed by atoms with E-state index in [0.717, 1.165) is 5.57 Å². The van der Waals surface area contributed by atoms with Crippen molar-refractivity contribution in [2.45, 2.75) is 20.3 Å². The maximum atomic E-state index is 11.0. The van der Waals surface area contributed by atoms with E-state index in [1.54, 1.807) is 13.8 Å². The summed E-state index contributed by atoms with van der Waals surface area (Å²) in [6.45, 7) is 3.47. The largest absolute Gasteiger partial charge is 0.504 e. The molecule has 0 spiro atoms. The Balaban J connectivity index is 2.98. The van der Waals surface area contributed by atoms with Crippen LogP contribution in [0.4, 0.5) is 0 Å². The third kappa shape index (κ3) is 0.967. The molecule has 0 unspecified atom stereocenters. The molecule has 0 amide bonds. The fourth-order valence-corrected chi connectivity index (χ4v) is 0.876. The number of hydrogen-bond acceptors (Lipinski definition) is 2. The van der Waals surface area contributed by atoms with Crippen molar-refractivity contribution in [1.82, 2.24) is 0 Å². The van der Waals surface area contributed by atoms with Crippen LogP contribution in [0.5, 0.6) is 0 Å². The molecule has 0 bridgehead atoms. The standard InChI is InChI=1S/C8H10O2/c1-5-3-4-6(2)8(10)7(5)9/h3,10H,4H2,1-2H3. The molecule has 1 N–H and O–H groups in total. The van der Waals surface area contributed by atoms with Gasteiger partial charge in [-0.25, -0.2) is 0 Å². The topological polar surface area (TPSA) is 37.3 Å². The SMILES string of the molecule is CC1=CCC(C)=C(O)C1=O. The van der Waals surface area contributed by atoms with Gasteiger partial charge in [-0.05, 0) is 31.4 Å². The van der Waals surface area contributed by atoms with Gasteiger partial charge in [0, 0.05) is 0 Å². The molecule has 1 aliphatic rings. The third-order valence-corrected chi connectivity index (χ3v) is 1.69. The number of rotatable bonds is 0. The van der Waals surface area contributed by atoms with Crippen LogP contribution in [0.1, 0.15) is 20.3 Å². The Morgan fingerprint density at radius 3 is 2.60 bits per heavy atom. The van der Waals surface area contributed by atoms with Crippen LogP contribution in [-0.4, -0.2) is 10.9 Å². The quantitative estimate of drug-likeness (QED) is 0.553. The Morgan fingerprint density at radius 1 is 1.50 bits per heavy atom. The number of carbonyl (C=O) groups is 1. The van der Waals surface area contributed by atoms with E-state index in [4.69, 9.17) is 5.11 Å². The highest BCUT2D eigenvalue weighted by Crippen LogP contribution is 2.18. The van der Waals surface area contributed by atoms with Crippen LogP contribution in [0.25, 0.3) is 0 Å². The van der Waals surface area contributed by atoms with Gasteiger partial charge in [0.05, 0.1) is 0 Å². The monoisotopic (exact) mass is 138 g/mol. The Labute approximate surface area is 59.9 Å². The summed E-state index contributed by atoms with van der Waals surface area (Å²) < 4.78 is 0. The predicted octanol–water partition coefficient (Wildman–Crippen LogP) is 1.74. The number of allylic oxidation sites excluding steroid dienone is 3. The number of ketones is 1. The summed E-state index contributed by atoms with van der Waals surface area (Å²) in [4.78, 5) is 11.0. The van der Waals surface area contributed by atoms with Crippen molar-refractivity contribution in [3.63, 3.8) is 0 Å². The highest BCUT2D eigenvalue weighted by atomic mass is 16.3. The molecule has 0 radical (unpaired) electrons. The predicted molar refractivity (Wildman–Crippen MR) is 38.7 cm³/mol. The molecule has 1 rings (SSSR count). The van der Waals surface area contributed by atoms with E-state index in [9.17, 15) is 4.79 Å². The molecule has 10 heavy (non-hydrogen) atoms. The third-order valence-electron chi connectivity index (χ3n) is 1.69. The molecule has 0 heterocycles. The second kappa shape index (κ2) is 2.29. The first kappa shape index (κ1) is 7.06. The molecule has 54 valence electrons. The molecule has 0 atom stereocenters. The van der Waals surface area contributed by atoms with Gasteiger partial charge in [-0.15, -0.1) is 0 Å². The minimum Gasteiger partial charge on any atom is -0.504 e. The molecule has 0 aliphatic heterocycles. The first-order valence-electron chi connectivity index (χ1n) is 3.23. The van der Waals surface area contributed by atoms with Gasteiger partial charge in [0.2, 0.25) is 5.78 Å². The van der Waals surface area contributed by atoms with E-state index in [-0.39, 0.29) is 11.5 Å². The Bertz CT molecular complexity index is 234. The number of aliphatic hydroxyl groups excluding tert-OH is 1. The van der Waals surface area contributed by atoms with E-state index >= 15 is 0 Å². The maximum Gasteiger partial charge on any atom is 0.222 e. The lowest BCUT2D eigenvalue weighted by Gasteiger charge is -2.09. The van der Waals surface area contributed by atoms with Crippen LogP contribution in [0, 0.1) is 0 Å². The second-order valence-electron chi connectivity index (χ2n) is 2.55. The summed E-state index contributed by atoms with van der Waals surface area (Å²) in [5.41, 5.74) is 1.40. The highest BCUT2D eigenvalue weighted by molar-refractivity contribution is 6.07. The Kier molecular flexibility index (Phi) is 1.62. The summed E-state index contributed by atoms with van der Waals surface area (Å²) in [5, 5.41) is 9.11. The molecular formula is C8H10O2. The summed E-state index contributed by atoms with van der Waals surface area (Å²) >= 11 is 0. The number of aliphatic hydroxyl groups is 1. The van der Waals surface area contributed by atoms with Gasteiger partial charge >= 0.3 is 0 Å². The lowest BCUT2D eigenvalue weighted by atomic mass is 9.99. The minimum absolute atomic E-state index is 0.0694. The van der Waals surface area contributed by atoms with Gasteiger partial charge in [-0.1, -0.05) is 6.08 Å². The molecule has 0 aromatic rings. The number of hydrogen-bond donors (Lipinski definition) is 1. The lowest BCUT2D eigenvalue weighted by molar-refractivity contribution is -0.114. The average molecular weight is 138 g/mol. The summed E-state index contributed by atoms with van der Waals surface area (Å²) in [6.07, 6.45) is 2.53. The van der Waals surface area contributed by atoms with Crippen LogP contribution in [0.15, 0.2) is 23.0 Å². The molecule has 0 saturated heterocycles. The van der Waals surface area contributed by atoms with Crippen LogP contribution in [0.2, 0.25) is 0 Å². The smallest absolute Gasteiger partial charge is 0.222 e.